The van der Waals surface area contributed by atoms with Gasteiger partial charge in [0.25, 0.3) is 0 Å². The van der Waals surface area contributed by atoms with Crippen LogP contribution in [-0.4, -0.2) is 17.8 Å². The Morgan fingerprint density at radius 2 is 1.44 bits per heavy atom. The summed E-state index contributed by atoms with van der Waals surface area (Å²) in [7, 11) is 0. The standard InChI is InChI=1S/C57H45N5/c1-3-16-37(17-4-1)55-58-56(38-18-5-2-6-19-38)60-57(59-55)47-30-32-51(44-24-12-11-23-43(44)47)62-52-31-28-41(35-49(52)48-33-39-20-7-8-21-40(39)34-53(48)62)61-50-26-14-13-25-45(50)46-29-27-36-15-9-10-22-42(36)54(46)61/h1-18,20-27,29-30,32,34-35,38,46,48,54,56H,19,28,31,33H2,(H,58,59,60). The van der Waals surface area contributed by atoms with E-state index < -0.39 is 0 Å². The van der Waals surface area contributed by atoms with Gasteiger partial charge >= 0.3 is 0 Å². The second-order valence-electron chi connectivity index (χ2n) is 17.5. The van der Waals surface area contributed by atoms with Crippen LogP contribution in [-0.2, 0) is 6.42 Å². The van der Waals surface area contributed by atoms with Crippen molar-refractivity contribution >= 4 is 46.0 Å². The zero-order chi connectivity index (χ0) is 40.7. The van der Waals surface area contributed by atoms with Gasteiger partial charge in [-0.05, 0) is 94.8 Å². The molecule has 5 nitrogen and oxygen atoms in total. The van der Waals surface area contributed by atoms with Gasteiger partial charge in [0.05, 0.1) is 11.7 Å². The summed E-state index contributed by atoms with van der Waals surface area (Å²) in [5.74, 6) is 2.45. The summed E-state index contributed by atoms with van der Waals surface area (Å²) in [6.07, 6.45) is 22.4. The van der Waals surface area contributed by atoms with Gasteiger partial charge in [0.1, 0.15) is 12.0 Å². The van der Waals surface area contributed by atoms with E-state index >= 15 is 0 Å². The van der Waals surface area contributed by atoms with Gasteiger partial charge in [-0.2, -0.15) is 0 Å². The van der Waals surface area contributed by atoms with E-state index in [0.29, 0.717) is 5.92 Å². The average molecular weight is 800 g/mol. The largest absolute Gasteiger partial charge is 0.347 e. The molecule has 0 fully saturated rings. The molecule has 0 saturated heterocycles. The molecule has 0 bridgehead atoms. The van der Waals surface area contributed by atoms with Gasteiger partial charge in [0, 0.05) is 57.0 Å². The fourth-order valence-electron chi connectivity index (χ4n) is 11.4. The van der Waals surface area contributed by atoms with Crippen LogP contribution in [0.3, 0.4) is 0 Å². The minimum absolute atomic E-state index is 0.129. The number of hydrogen-bond acceptors (Lipinski definition) is 5. The lowest BCUT2D eigenvalue weighted by molar-refractivity contribution is 0.475. The van der Waals surface area contributed by atoms with E-state index in [2.05, 4.69) is 203 Å². The first-order chi connectivity index (χ1) is 30.7. The maximum atomic E-state index is 5.37. The van der Waals surface area contributed by atoms with Crippen molar-refractivity contribution in [1.29, 1.82) is 0 Å². The Labute approximate surface area is 362 Å². The smallest absolute Gasteiger partial charge is 0.159 e. The van der Waals surface area contributed by atoms with Gasteiger partial charge in [0.15, 0.2) is 5.84 Å². The van der Waals surface area contributed by atoms with E-state index in [1.165, 1.54) is 67.2 Å². The van der Waals surface area contributed by atoms with Crippen LogP contribution in [0.25, 0.3) is 22.9 Å². The molecule has 4 aliphatic carbocycles. The molecule has 298 valence electrons. The van der Waals surface area contributed by atoms with Gasteiger partial charge < -0.3 is 15.1 Å². The molecular formula is C57H45N5. The number of amidine groups is 2. The maximum Gasteiger partial charge on any atom is 0.159 e. The highest BCUT2D eigenvalue weighted by Gasteiger charge is 2.45. The topological polar surface area (TPSA) is 43.2 Å². The third kappa shape index (κ3) is 5.54. The summed E-state index contributed by atoms with van der Waals surface area (Å²) in [4.78, 5) is 16.0. The minimum Gasteiger partial charge on any atom is -0.347 e. The Bertz CT molecular complexity index is 3100. The monoisotopic (exact) mass is 799 g/mol. The van der Waals surface area contributed by atoms with Gasteiger partial charge in [-0.3, -0.25) is 0 Å². The lowest BCUT2D eigenvalue weighted by atomic mass is 9.81. The van der Waals surface area contributed by atoms with Gasteiger partial charge in [-0.25, -0.2) is 9.98 Å². The molecule has 0 amide bonds. The van der Waals surface area contributed by atoms with Crippen LogP contribution in [0.1, 0.15) is 70.2 Å². The molecule has 5 unspecified atom stereocenters. The van der Waals surface area contributed by atoms with E-state index in [1.807, 2.05) is 0 Å². The molecule has 3 aliphatic heterocycles. The third-order valence-electron chi connectivity index (χ3n) is 14.2. The predicted molar refractivity (Wildman–Crippen MR) is 255 cm³/mol. The number of aliphatic imine (C=N–C) groups is 2. The number of fused-ring (bicyclic) bond motifs is 9. The van der Waals surface area contributed by atoms with E-state index in [-0.39, 0.29) is 24.0 Å². The highest BCUT2D eigenvalue weighted by molar-refractivity contribution is 6.19. The first kappa shape index (κ1) is 35.5. The molecule has 7 aliphatic rings. The number of anilines is 2. The predicted octanol–water partition coefficient (Wildman–Crippen LogP) is 12.4. The van der Waals surface area contributed by atoms with Gasteiger partial charge in [-0.1, -0.05) is 158 Å². The van der Waals surface area contributed by atoms with Crippen LogP contribution in [0.5, 0.6) is 0 Å². The average Bonchev–Trinajstić information content (AvgIpc) is 3.85. The highest BCUT2D eigenvalue weighted by Crippen LogP contribution is 2.57. The summed E-state index contributed by atoms with van der Waals surface area (Å²) < 4.78 is 0. The van der Waals surface area contributed by atoms with E-state index in [1.54, 1.807) is 0 Å². The third-order valence-corrected chi connectivity index (χ3v) is 14.2. The quantitative estimate of drug-likeness (QED) is 0.189. The van der Waals surface area contributed by atoms with Crippen molar-refractivity contribution < 1.29 is 0 Å². The summed E-state index contributed by atoms with van der Waals surface area (Å²) in [5, 5.41) is 6.08. The lowest BCUT2D eigenvalue weighted by Gasteiger charge is -2.36. The molecule has 3 heterocycles. The van der Waals surface area contributed by atoms with Crippen LogP contribution in [0, 0.1) is 11.8 Å². The first-order valence-corrected chi connectivity index (χ1v) is 22.3. The fraction of sp³-hybridized carbons (Fsp3) is 0.158. The summed E-state index contributed by atoms with van der Waals surface area (Å²) in [6, 6.07) is 51.4. The lowest BCUT2D eigenvalue weighted by Crippen LogP contribution is -2.43. The molecule has 6 aromatic rings. The van der Waals surface area contributed by atoms with Crippen molar-refractivity contribution in [3.8, 4) is 0 Å². The van der Waals surface area contributed by atoms with E-state index in [0.717, 1.165) is 53.9 Å². The van der Waals surface area contributed by atoms with Crippen LogP contribution < -0.4 is 15.1 Å². The number of allylic oxidation sites excluding steroid dienone is 7. The Hall–Kier alpha value is -7.24. The van der Waals surface area contributed by atoms with Crippen molar-refractivity contribution in [3.05, 3.63) is 238 Å². The fourth-order valence-corrected chi connectivity index (χ4v) is 11.4. The minimum atomic E-state index is -0.129. The molecule has 0 radical (unpaired) electrons. The van der Waals surface area contributed by atoms with Crippen molar-refractivity contribution in [2.24, 2.45) is 21.8 Å². The van der Waals surface area contributed by atoms with Crippen molar-refractivity contribution in [2.75, 3.05) is 9.80 Å². The number of nitrogens with one attached hydrogen (secondary N) is 1. The maximum absolute atomic E-state index is 5.37. The normalized spacial score (nSPS) is 23.9. The number of para-hydroxylation sites is 1. The molecule has 13 rings (SSSR count). The molecule has 6 aromatic carbocycles. The molecule has 0 aromatic heterocycles. The SMILES string of the molecule is C1=CCC(C2N=C(c3ccc(N4C5=Cc6ccccc6CC5C5=C4CCC(N4c6ccccc6C6C=Cc7ccccc7C64)=C5)c4ccccc34)N=C(c3ccccc3)N2)C=C1. The molecule has 5 heteroatoms. The molecule has 5 atom stereocenters. The van der Waals surface area contributed by atoms with Gasteiger partial charge in [0.2, 0.25) is 0 Å². The Balaban J connectivity index is 0.958. The number of nitrogens with zero attached hydrogens (tertiary/aromatic N) is 4. The Morgan fingerprint density at radius 3 is 2.32 bits per heavy atom. The molecular weight excluding hydrogens is 755 g/mol. The second-order valence-corrected chi connectivity index (χ2v) is 17.5. The first-order valence-electron chi connectivity index (χ1n) is 22.3. The van der Waals surface area contributed by atoms with Crippen LogP contribution in [0.4, 0.5) is 11.4 Å². The van der Waals surface area contributed by atoms with Crippen molar-refractivity contribution in [2.45, 2.75) is 43.8 Å². The number of hydrogen-bond donors (Lipinski definition) is 1. The number of rotatable bonds is 5. The van der Waals surface area contributed by atoms with Gasteiger partial charge in [-0.15, -0.1) is 0 Å². The van der Waals surface area contributed by atoms with E-state index in [9.17, 15) is 0 Å². The molecule has 0 spiro atoms. The number of benzene rings is 6. The summed E-state index contributed by atoms with van der Waals surface area (Å²) in [5.41, 5.74) is 17.3. The van der Waals surface area contributed by atoms with Crippen molar-refractivity contribution in [3.63, 3.8) is 0 Å². The zero-order valence-electron chi connectivity index (χ0n) is 34.4. The second kappa shape index (κ2) is 14.2. The summed E-state index contributed by atoms with van der Waals surface area (Å²) >= 11 is 0. The molecule has 62 heavy (non-hydrogen) atoms. The zero-order valence-corrected chi connectivity index (χ0v) is 34.4. The van der Waals surface area contributed by atoms with Crippen LogP contribution >= 0.6 is 0 Å². The molecule has 0 saturated carbocycles. The highest BCUT2D eigenvalue weighted by atomic mass is 15.2. The molecule has 1 N–H and O–H groups in total. The van der Waals surface area contributed by atoms with Crippen molar-refractivity contribution in [1.82, 2.24) is 5.32 Å². The Morgan fingerprint density at radius 1 is 0.645 bits per heavy atom. The summed E-state index contributed by atoms with van der Waals surface area (Å²) in [6.45, 7) is 0. The van der Waals surface area contributed by atoms with Crippen LogP contribution in [0.2, 0.25) is 0 Å². The van der Waals surface area contributed by atoms with Crippen LogP contribution in [0.15, 0.2) is 209 Å². The Kier molecular flexibility index (Phi) is 8.12. The van der Waals surface area contributed by atoms with E-state index in [4.69, 9.17) is 9.98 Å².